The molecule has 0 heterocycles. The predicted octanol–water partition coefficient (Wildman–Crippen LogP) is 3.50. The minimum atomic E-state index is -1.40. The first kappa shape index (κ1) is 14.1. The van der Waals surface area contributed by atoms with Crippen LogP contribution in [0.3, 0.4) is 0 Å². The van der Waals surface area contributed by atoms with Crippen molar-refractivity contribution in [3.8, 4) is 0 Å². The van der Waals surface area contributed by atoms with Crippen LogP contribution in [0.4, 0.5) is 0 Å². The summed E-state index contributed by atoms with van der Waals surface area (Å²) in [6.07, 6.45) is 3.41. The molecule has 1 unspecified atom stereocenters. The molecule has 0 saturated carbocycles. The van der Waals surface area contributed by atoms with E-state index in [1.807, 2.05) is 6.92 Å². The molecule has 0 radical (unpaired) electrons. The molecule has 82 valence electrons. The lowest BCUT2D eigenvalue weighted by atomic mass is 10.1. The SMILES string of the molecule is CCOC(=O)CC(C)C=CC(Cl)(Cl)Cl. The first-order chi connectivity index (χ1) is 6.35. The van der Waals surface area contributed by atoms with Gasteiger partial charge in [0, 0.05) is 0 Å². The number of allylic oxidation sites excluding steroid dienone is 2. The molecular formula is C9H13Cl3O2. The van der Waals surface area contributed by atoms with Crippen LogP contribution in [0.1, 0.15) is 20.3 Å². The number of rotatable bonds is 4. The van der Waals surface area contributed by atoms with E-state index in [0.29, 0.717) is 13.0 Å². The van der Waals surface area contributed by atoms with Crippen molar-refractivity contribution in [3.63, 3.8) is 0 Å². The molecule has 14 heavy (non-hydrogen) atoms. The van der Waals surface area contributed by atoms with E-state index in [-0.39, 0.29) is 11.9 Å². The van der Waals surface area contributed by atoms with E-state index in [1.165, 1.54) is 6.08 Å². The van der Waals surface area contributed by atoms with E-state index in [1.54, 1.807) is 13.0 Å². The van der Waals surface area contributed by atoms with Crippen molar-refractivity contribution >= 4 is 40.8 Å². The molecule has 0 bridgehead atoms. The molecule has 0 aromatic heterocycles. The zero-order valence-corrected chi connectivity index (χ0v) is 10.4. The topological polar surface area (TPSA) is 26.3 Å². The minimum absolute atomic E-state index is 0.00433. The van der Waals surface area contributed by atoms with Crippen LogP contribution in [0.15, 0.2) is 12.2 Å². The van der Waals surface area contributed by atoms with Gasteiger partial charge in [-0.05, 0) is 18.9 Å². The van der Waals surface area contributed by atoms with Gasteiger partial charge in [0.25, 0.3) is 0 Å². The van der Waals surface area contributed by atoms with E-state index in [9.17, 15) is 4.79 Å². The fraction of sp³-hybridized carbons (Fsp3) is 0.667. The first-order valence-corrected chi connectivity index (χ1v) is 5.40. The summed E-state index contributed by atoms with van der Waals surface area (Å²) in [5, 5.41) is 0. The zero-order chi connectivity index (χ0) is 11.2. The average Bonchev–Trinajstić information content (AvgIpc) is 2.00. The average molecular weight is 260 g/mol. The quantitative estimate of drug-likeness (QED) is 0.439. The summed E-state index contributed by atoms with van der Waals surface area (Å²) in [5.41, 5.74) is 0. The summed E-state index contributed by atoms with van der Waals surface area (Å²) in [7, 11) is 0. The number of carbonyl (C=O) groups excluding carboxylic acids is 1. The molecule has 0 aliphatic rings. The summed E-state index contributed by atoms with van der Waals surface area (Å²) in [6.45, 7) is 4.00. The third kappa shape index (κ3) is 8.67. The Morgan fingerprint density at radius 1 is 1.50 bits per heavy atom. The monoisotopic (exact) mass is 258 g/mol. The van der Waals surface area contributed by atoms with E-state index >= 15 is 0 Å². The molecule has 2 nitrogen and oxygen atoms in total. The second-order valence-electron chi connectivity index (χ2n) is 2.89. The van der Waals surface area contributed by atoms with Gasteiger partial charge in [-0.3, -0.25) is 4.79 Å². The van der Waals surface area contributed by atoms with Crippen LogP contribution in [-0.2, 0) is 9.53 Å². The normalized spacial score (nSPS) is 14.4. The Bertz CT molecular complexity index is 209. The van der Waals surface area contributed by atoms with Crippen LogP contribution >= 0.6 is 34.8 Å². The zero-order valence-electron chi connectivity index (χ0n) is 8.10. The summed E-state index contributed by atoms with van der Waals surface area (Å²) in [4.78, 5) is 11.0. The lowest BCUT2D eigenvalue weighted by Gasteiger charge is -2.07. The van der Waals surface area contributed by atoms with Gasteiger partial charge in [0.1, 0.15) is 0 Å². The minimum Gasteiger partial charge on any atom is -0.466 e. The molecule has 0 N–H and O–H groups in total. The Kier molecular flexibility index (Phi) is 6.58. The molecule has 0 spiro atoms. The lowest BCUT2D eigenvalue weighted by Crippen LogP contribution is -2.08. The van der Waals surface area contributed by atoms with Gasteiger partial charge in [-0.25, -0.2) is 0 Å². The summed E-state index contributed by atoms with van der Waals surface area (Å²) in [6, 6.07) is 0. The number of halogens is 3. The maximum atomic E-state index is 11.0. The Labute approximate surface area is 99.2 Å². The Morgan fingerprint density at radius 3 is 2.50 bits per heavy atom. The largest absolute Gasteiger partial charge is 0.466 e. The highest BCUT2D eigenvalue weighted by molar-refractivity contribution is 6.68. The number of hydrogen-bond donors (Lipinski definition) is 0. The number of esters is 1. The lowest BCUT2D eigenvalue weighted by molar-refractivity contribution is -0.143. The van der Waals surface area contributed by atoms with Crippen LogP contribution in [0, 0.1) is 5.92 Å². The van der Waals surface area contributed by atoms with Gasteiger partial charge in [-0.1, -0.05) is 47.8 Å². The first-order valence-electron chi connectivity index (χ1n) is 4.27. The van der Waals surface area contributed by atoms with Crippen LogP contribution in [0.25, 0.3) is 0 Å². The second-order valence-corrected chi connectivity index (χ2v) is 5.26. The van der Waals surface area contributed by atoms with Crippen molar-refractivity contribution in [1.82, 2.24) is 0 Å². The van der Waals surface area contributed by atoms with Crippen LogP contribution in [0.5, 0.6) is 0 Å². The van der Waals surface area contributed by atoms with Gasteiger partial charge in [0.2, 0.25) is 3.79 Å². The van der Waals surface area contributed by atoms with E-state index < -0.39 is 3.79 Å². The number of hydrogen-bond acceptors (Lipinski definition) is 2. The van der Waals surface area contributed by atoms with Crippen LogP contribution < -0.4 is 0 Å². The van der Waals surface area contributed by atoms with Gasteiger partial charge >= 0.3 is 5.97 Å². The van der Waals surface area contributed by atoms with Gasteiger partial charge in [-0.15, -0.1) is 0 Å². The van der Waals surface area contributed by atoms with Crippen LogP contribution in [-0.4, -0.2) is 16.4 Å². The Hall–Kier alpha value is 0.0800. The summed E-state index contributed by atoms with van der Waals surface area (Å²) < 4.78 is 3.37. The van der Waals surface area contributed by atoms with Crippen molar-refractivity contribution in [2.75, 3.05) is 6.61 Å². The molecule has 0 saturated heterocycles. The molecular weight excluding hydrogens is 246 g/mol. The third-order valence-corrected chi connectivity index (χ3v) is 1.79. The van der Waals surface area contributed by atoms with E-state index in [0.717, 1.165) is 0 Å². The van der Waals surface area contributed by atoms with E-state index in [2.05, 4.69) is 0 Å². The maximum Gasteiger partial charge on any atom is 0.306 e. The predicted molar refractivity (Wildman–Crippen MR) is 59.8 cm³/mol. The Balaban J connectivity index is 3.92. The number of carbonyl (C=O) groups is 1. The number of ether oxygens (including phenoxy) is 1. The highest BCUT2D eigenvalue weighted by Gasteiger charge is 2.15. The van der Waals surface area contributed by atoms with Crippen LogP contribution in [0.2, 0.25) is 0 Å². The molecule has 0 amide bonds. The maximum absolute atomic E-state index is 11.0. The van der Waals surface area contributed by atoms with Crippen molar-refractivity contribution in [2.24, 2.45) is 5.92 Å². The van der Waals surface area contributed by atoms with Crippen molar-refractivity contribution in [1.29, 1.82) is 0 Å². The molecule has 0 fully saturated rings. The molecule has 0 aliphatic heterocycles. The second kappa shape index (κ2) is 6.54. The molecule has 0 rings (SSSR count). The van der Waals surface area contributed by atoms with Gasteiger partial charge in [0.15, 0.2) is 0 Å². The summed E-state index contributed by atoms with van der Waals surface area (Å²) in [5.74, 6) is -0.237. The van der Waals surface area contributed by atoms with E-state index in [4.69, 9.17) is 39.5 Å². The van der Waals surface area contributed by atoms with Crippen molar-refractivity contribution in [2.45, 2.75) is 24.1 Å². The highest BCUT2D eigenvalue weighted by atomic mass is 35.6. The highest BCUT2D eigenvalue weighted by Crippen LogP contribution is 2.28. The standard InChI is InChI=1S/C9H13Cl3O2/c1-3-14-8(13)6-7(2)4-5-9(10,11)12/h4-5,7H,3,6H2,1-2H3. The summed E-state index contributed by atoms with van der Waals surface area (Å²) >= 11 is 16.5. The smallest absolute Gasteiger partial charge is 0.306 e. The van der Waals surface area contributed by atoms with Crippen molar-refractivity contribution < 1.29 is 9.53 Å². The fourth-order valence-corrected chi connectivity index (χ4v) is 1.04. The van der Waals surface area contributed by atoms with Gasteiger partial charge < -0.3 is 4.74 Å². The molecule has 1 atom stereocenters. The van der Waals surface area contributed by atoms with Gasteiger partial charge in [0.05, 0.1) is 13.0 Å². The Morgan fingerprint density at radius 2 is 2.07 bits per heavy atom. The molecule has 0 aliphatic carbocycles. The van der Waals surface area contributed by atoms with Crippen molar-refractivity contribution in [3.05, 3.63) is 12.2 Å². The molecule has 5 heteroatoms. The van der Waals surface area contributed by atoms with Gasteiger partial charge in [-0.2, -0.15) is 0 Å². The third-order valence-electron chi connectivity index (χ3n) is 1.41. The molecule has 0 aromatic rings. The number of alkyl halides is 3. The molecule has 0 aromatic carbocycles. The fourth-order valence-electron chi connectivity index (χ4n) is 0.824.